The lowest BCUT2D eigenvalue weighted by Crippen LogP contribution is -2.03. The summed E-state index contributed by atoms with van der Waals surface area (Å²) in [6.07, 6.45) is -0.367. The Labute approximate surface area is 122 Å². The van der Waals surface area contributed by atoms with Crippen LogP contribution in [0.3, 0.4) is 0 Å². The first-order chi connectivity index (χ1) is 9.22. The van der Waals surface area contributed by atoms with Crippen molar-refractivity contribution in [3.8, 4) is 0 Å². The predicted octanol–water partition coefficient (Wildman–Crippen LogP) is 4.04. The molecule has 19 heavy (non-hydrogen) atoms. The van der Waals surface area contributed by atoms with Crippen molar-refractivity contribution < 1.29 is 9.47 Å². The summed E-state index contributed by atoms with van der Waals surface area (Å²) in [4.78, 5) is 5.81. The fraction of sp³-hybridized carbons (Fsp3) is 0.357. The minimum atomic E-state index is -0.367. The summed E-state index contributed by atoms with van der Waals surface area (Å²) in [7, 11) is 3.24. The standard InChI is InChI=1S/C14H17NO2S2/c1-10-5-4-6-11(7-10)18-9-13-15-12(8-19-13)14(16-2)17-3/h4-8,14H,9H2,1-3H3. The Morgan fingerprint density at radius 2 is 2.11 bits per heavy atom. The highest BCUT2D eigenvalue weighted by Gasteiger charge is 2.13. The molecule has 0 N–H and O–H groups in total. The fourth-order valence-electron chi connectivity index (χ4n) is 1.69. The van der Waals surface area contributed by atoms with Gasteiger partial charge in [0.25, 0.3) is 0 Å². The number of aromatic nitrogens is 1. The number of nitrogens with zero attached hydrogens (tertiary/aromatic N) is 1. The number of hydrogen-bond acceptors (Lipinski definition) is 5. The van der Waals surface area contributed by atoms with Gasteiger partial charge in [0, 0.05) is 24.5 Å². The van der Waals surface area contributed by atoms with E-state index in [1.165, 1.54) is 10.5 Å². The molecular weight excluding hydrogens is 278 g/mol. The molecular formula is C14H17NO2S2. The Kier molecular flexibility index (Phi) is 5.39. The third-order valence-electron chi connectivity index (χ3n) is 2.59. The van der Waals surface area contributed by atoms with Gasteiger partial charge in [-0.1, -0.05) is 17.7 Å². The third-order valence-corrected chi connectivity index (χ3v) is 4.65. The van der Waals surface area contributed by atoms with Crippen molar-refractivity contribution in [1.82, 2.24) is 4.98 Å². The van der Waals surface area contributed by atoms with Gasteiger partial charge in [-0.3, -0.25) is 0 Å². The second-order valence-electron chi connectivity index (χ2n) is 4.07. The summed E-state index contributed by atoms with van der Waals surface area (Å²) in [6.45, 7) is 2.10. The zero-order valence-corrected chi connectivity index (χ0v) is 12.9. The molecule has 2 rings (SSSR count). The maximum atomic E-state index is 5.19. The second kappa shape index (κ2) is 7.05. The lowest BCUT2D eigenvalue weighted by Gasteiger charge is -2.09. The molecule has 5 heteroatoms. The molecule has 0 unspecified atom stereocenters. The fourth-order valence-corrected chi connectivity index (χ4v) is 3.51. The Morgan fingerprint density at radius 1 is 1.32 bits per heavy atom. The third kappa shape index (κ3) is 4.04. The van der Waals surface area contributed by atoms with Crippen molar-refractivity contribution >= 4 is 23.1 Å². The van der Waals surface area contributed by atoms with Gasteiger partial charge in [-0.15, -0.1) is 23.1 Å². The molecule has 1 aromatic heterocycles. The highest BCUT2D eigenvalue weighted by molar-refractivity contribution is 7.98. The van der Waals surface area contributed by atoms with E-state index in [9.17, 15) is 0 Å². The SMILES string of the molecule is COC(OC)c1csc(CSc2cccc(C)c2)n1. The van der Waals surface area contributed by atoms with Crippen molar-refractivity contribution in [2.45, 2.75) is 23.9 Å². The van der Waals surface area contributed by atoms with Crippen LogP contribution in [0.2, 0.25) is 0 Å². The minimum Gasteiger partial charge on any atom is -0.350 e. The quantitative estimate of drug-likeness (QED) is 0.594. The van der Waals surface area contributed by atoms with E-state index in [0.717, 1.165) is 16.5 Å². The lowest BCUT2D eigenvalue weighted by atomic mass is 10.2. The number of thiazole rings is 1. The van der Waals surface area contributed by atoms with E-state index in [4.69, 9.17) is 9.47 Å². The van der Waals surface area contributed by atoms with Crippen molar-refractivity contribution in [2.75, 3.05) is 14.2 Å². The Balaban J connectivity index is 1.97. The highest BCUT2D eigenvalue weighted by Crippen LogP contribution is 2.27. The van der Waals surface area contributed by atoms with Gasteiger partial charge in [0.15, 0.2) is 0 Å². The largest absolute Gasteiger partial charge is 0.350 e. The summed E-state index contributed by atoms with van der Waals surface area (Å²) in [6, 6.07) is 8.50. The number of methoxy groups -OCH3 is 2. The Hall–Kier alpha value is -0.880. The summed E-state index contributed by atoms with van der Waals surface area (Å²) >= 11 is 3.43. The zero-order valence-electron chi connectivity index (χ0n) is 11.3. The van der Waals surface area contributed by atoms with Gasteiger partial charge < -0.3 is 9.47 Å². The first-order valence-corrected chi connectivity index (χ1v) is 7.79. The molecule has 102 valence electrons. The molecule has 1 aromatic carbocycles. The van der Waals surface area contributed by atoms with Crippen LogP contribution < -0.4 is 0 Å². The number of rotatable bonds is 6. The van der Waals surface area contributed by atoms with Crippen LogP contribution in [-0.4, -0.2) is 19.2 Å². The first-order valence-electron chi connectivity index (χ1n) is 5.92. The van der Waals surface area contributed by atoms with Crippen LogP contribution in [0.15, 0.2) is 34.5 Å². The second-order valence-corrected chi connectivity index (χ2v) is 6.07. The summed E-state index contributed by atoms with van der Waals surface area (Å²) in [5.74, 6) is 0.869. The van der Waals surface area contributed by atoms with Crippen LogP contribution in [-0.2, 0) is 15.2 Å². The monoisotopic (exact) mass is 295 g/mol. The number of hydrogen-bond donors (Lipinski definition) is 0. The van der Waals surface area contributed by atoms with E-state index in [1.54, 1.807) is 37.3 Å². The van der Waals surface area contributed by atoms with Crippen molar-refractivity contribution in [3.05, 3.63) is 45.9 Å². The van der Waals surface area contributed by atoms with E-state index < -0.39 is 0 Å². The molecule has 0 atom stereocenters. The summed E-state index contributed by atoms with van der Waals surface area (Å²) < 4.78 is 10.4. The van der Waals surface area contributed by atoms with Crippen LogP contribution in [0.25, 0.3) is 0 Å². The van der Waals surface area contributed by atoms with Crippen molar-refractivity contribution in [2.24, 2.45) is 0 Å². The molecule has 0 saturated carbocycles. The minimum absolute atomic E-state index is 0.367. The number of thioether (sulfide) groups is 1. The van der Waals surface area contributed by atoms with Gasteiger partial charge in [-0.2, -0.15) is 0 Å². The van der Waals surface area contributed by atoms with Gasteiger partial charge in [0.2, 0.25) is 6.29 Å². The number of aryl methyl sites for hydroxylation is 1. The van der Waals surface area contributed by atoms with Crippen molar-refractivity contribution in [3.63, 3.8) is 0 Å². The molecule has 0 radical (unpaired) electrons. The molecule has 0 amide bonds. The summed E-state index contributed by atoms with van der Waals surface area (Å²) in [5.41, 5.74) is 2.12. The van der Waals surface area contributed by atoms with Gasteiger partial charge in [0.05, 0.1) is 5.75 Å². The maximum Gasteiger partial charge on any atom is 0.201 e. The van der Waals surface area contributed by atoms with Crippen LogP contribution in [0.1, 0.15) is 22.6 Å². The van der Waals surface area contributed by atoms with Crippen molar-refractivity contribution in [1.29, 1.82) is 0 Å². The predicted molar refractivity (Wildman–Crippen MR) is 79.6 cm³/mol. The molecule has 3 nitrogen and oxygen atoms in total. The summed E-state index contributed by atoms with van der Waals surface area (Å²) in [5, 5.41) is 3.07. The molecule has 0 aliphatic carbocycles. The van der Waals surface area contributed by atoms with E-state index in [0.29, 0.717) is 0 Å². The average molecular weight is 295 g/mol. The van der Waals surface area contributed by atoms with E-state index >= 15 is 0 Å². The first kappa shape index (κ1) is 14.5. The molecule has 0 bridgehead atoms. The van der Waals surface area contributed by atoms with E-state index in [1.807, 2.05) is 5.38 Å². The molecule has 0 aliphatic heterocycles. The topological polar surface area (TPSA) is 31.4 Å². The molecule has 0 fully saturated rings. The van der Waals surface area contributed by atoms with E-state index in [2.05, 4.69) is 36.2 Å². The van der Waals surface area contributed by atoms with Gasteiger partial charge in [0.1, 0.15) is 10.7 Å². The average Bonchev–Trinajstić information content (AvgIpc) is 2.87. The zero-order chi connectivity index (χ0) is 13.7. The number of benzene rings is 1. The molecule has 0 spiro atoms. The van der Waals surface area contributed by atoms with E-state index in [-0.39, 0.29) is 6.29 Å². The smallest absolute Gasteiger partial charge is 0.201 e. The molecule has 2 aromatic rings. The molecule has 1 heterocycles. The highest BCUT2D eigenvalue weighted by atomic mass is 32.2. The lowest BCUT2D eigenvalue weighted by molar-refractivity contribution is -0.108. The Bertz CT molecular complexity index is 524. The van der Waals surface area contributed by atoms with Crippen LogP contribution in [0.5, 0.6) is 0 Å². The normalized spacial score (nSPS) is 11.2. The maximum absolute atomic E-state index is 5.19. The van der Waals surface area contributed by atoms with Gasteiger partial charge in [-0.05, 0) is 19.1 Å². The van der Waals surface area contributed by atoms with Crippen LogP contribution in [0, 0.1) is 6.92 Å². The molecule has 0 saturated heterocycles. The molecule has 0 aliphatic rings. The van der Waals surface area contributed by atoms with Crippen LogP contribution in [0.4, 0.5) is 0 Å². The number of ether oxygens (including phenoxy) is 2. The Morgan fingerprint density at radius 3 is 2.79 bits per heavy atom. The van der Waals surface area contributed by atoms with Crippen LogP contribution >= 0.6 is 23.1 Å². The van der Waals surface area contributed by atoms with Gasteiger partial charge in [-0.25, -0.2) is 4.98 Å². The van der Waals surface area contributed by atoms with Gasteiger partial charge >= 0.3 is 0 Å².